The Morgan fingerprint density at radius 3 is 2.88 bits per heavy atom. The molecule has 0 aromatic heterocycles. The second-order valence-electron chi connectivity index (χ2n) is 3.68. The van der Waals surface area contributed by atoms with Crippen LogP contribution < -0.4 is 5.32 Å². The van der Waals surface area contributed by atoms with Crippen molar-refractivity contribution in [3.05, 3.63) is 28.2 Å². The van der Waals surface area contributed by atoms with Crippen molar-refractivity contribution in [2.45, 2.75) is 26.2 Å². The largest absolute Gasteiger partial charge is 0.325 e. The maximum Gasteiger partial charge on any atom is 0.224 e. The summed E-state index contributed by atoms with van der Waals surface area (Å²) in [6.07, 6.45) is 2.23. The molecule has 0 saturated heterocycles. The van der Waals surface area contributed by atoms with Gasteiger partial charge in [0.15, 0.2) is 0 Å². The van der Waals surface area contributed by atoms with E-state index in [4.69, 9.17) is 11.6 Å². The topological polar surface area (TPSA) is 29.1 Å². The van der Waals surface area contributed by atoms with E-state index in [1.165, 1.54) is 0 Å². The number of benzene rings is 1. The molecule has 0 unspecified atom stereocenters. The molecule has 1 aromatic carbocycles. The van der Waals surface area contributed by atoms with Crippen LogP contribution in [-0.2, 0) is 4.79 Å². The lowest BCUT2D eigenvalue weighted by molar-refractivity contribution is -0.116. The van der Waals surface area contributed by atoms with Crippen LogP contribution in [0.3, 0.4) is 0 Å². The highest BCUT2D eigenvalue weighted by atomic mass is 79.9. The first-order chi connectivity index (χ1) is 7.63. The van der Waals surface area contributed by atoms with E-state index in [1.54, 1.807) is 0 Å². The fourth-order valence-electron chi connectivity index (χ4n) is 1.33. The second kappa shape index (κ2) is 6.92. The molecule has 0 heterocycles. The van der Waals surface area contributed by atoms with Gasteiger partial charge in [0, 0.05) is 16.8 Å². The van der Waals surface area contributed by atoms with Crippen molar-refractivity contribution >= 4 is 39.1 Å². The molecule has 0 bridgehead atoms. The Balaban J connectivity index is 2.52. The highest BCUT2D eigenvalue weighted by molar-refractivity contribution is 9.10. The summed E-state index contributed by atoms with van der Waals surface area (Å²) in [7, 11) is 0. The molecule has 1 rings (SSSR count). The van der Waals surface area contributed by atoms with Crippen LogP contribution in [0, 0.1) is 6.92 Å². The zero-order chi connectivity index (χ0) is 12.0. The number of hydrogen-bond acceptors (Lipinski definition) is 1. The zero-order valence-corrected chi connectivity index (χ0v) is 11.6. The monoisotopic (exact) mass is 303 g/mol. The van der Waals surface area contributed by atoms with Gasteiger partial charge in [0.25, 0.3) is 0 Å². The highest BCUT2D eigenvalue weighted by Gasteiger charge is 2.05. The van der Waals surface area contributed by atoms with Gasteiger partial charge in [-0.1, -0.05) is 6.07 Å². The number of aryl methyl sites for hydroxylation is 1. The van der Waals surface area contributed by atoms with Crippen LogP contribution in [0.25, 0.3) is 0 Å². The molecule has 0 fully saturated rings. The van der Waals surface area contributed by atoms with Crippen molar-refractivity contribution in [1.82, 2.24) is 0 Å². The molecule has 0 radical (unpaired) electrons. The van der Waals surface area contributed by atoms with Crippen molar-refractivity contribution in [2.75, 3.05) is 11.2 Å². The molecule has 4 heteroatoms. The van der Waals surface area contributed by atoms with Crippen LogP contribution >= 0.6 is 27.5 Å². The number of hydrogen-bond donors (Lipinski definition) is 1. The van der Waals surface area contributed by atoms with Crippen molar-refractivity contribution in [2.24, 2.45) is 0 Å². The van der Waals surface area contributed by atoms with E-state index in [-0.39, 0.29) is 5.91 Å². The van der Waals surface area contributed by atoms with E-state index in [0.717, 1.165) is 28.6 Å². The Hall–Kier alpha value is -0.540. The van der Waals surface area contributed by atoms with Crippen LogP contribution in [0.5, 0.6) is 0 Å². The number of carbonyl (C=O) groups is 1. The molecular weight excluding hydrogens is 289 g/mol. The van der Waals surface area contributed by atoms with Gasteiger partial charge in [0.05, 0.1) is 5.69 Å². The summed E-state index contributed by atoms with van der Waals surface area (Å²) < 4.78 is 0.906. The maximum absolute atomic E-state index is 11.6. The van der Waals surface area contributed by atoms with Gasteiger partial charge in [0.1, 0.15) is 0 Å². The minimum absolute atomic E-state index is 0.0383. The summed E-state index contributed by atoms with van der Waals surface area (Å²) in [5.41, 5.74) is 1.95. The van der Waals surface area contributed by atoms with E-state index in [9.17, 15) is 4.79 Å². The third kappa shape index (κ3) is 4.54. The quantitative estimate of drug-likeness (QED) is 0.644. The third-order valence-corrected chi connectivity index (χ3v) is 3.14. The van der Waals surface area contributed by atoms with Crippen LogP contribution in [0.2, 0.25) is 0 Å². The van der Waals surface area contributed by atoms with Gasteiger partial charge in [-0.3, -0.25) is 4.79 Å². The Morgan fingerprint density at radius 1 is 1.44 bits per heavy atom. The van der Waals surface area contributed by atoms with Crippen LogP contribution in [0.1, 0.15) is 24.8 Å². The average molecular weight is 305 g/mol. The SMILES string of the molecule is Cc1ccc(Br)c(NC(=O)CCCCCl)c1. The number of unbranched alkanes of at least 4 members (excludes halogenated alkanes) is 1. The molecule has 88 valence electrons. The van der Waals surface area contributed by atoms with Crippen LogP contribution in [-0.4, -0.2) is 11.8 Å². The number of rotatable bonds is 5. The van der Waals surface area contributed by atoms with Gasteiger partial charge in [-0.15, -0.1) is 11.6 Å². The first-order valence-electron chi connectivity index (χ1n) is 5.25. The molecule has 2 nitrogen and oxygen atoms in total. The van der Waals surface area contributed by atoms with E-state index < -0.39 is 0 Å². The molecule has 1 N–H and O–H groups in total. The summed E-state index contributed by atoms with van der Waals surface area (Å²) in [5.74, 6) is 0.651. The minimum Gasteiger partial charge on any atom is -0.325 e. The first-order valence-corrected chi connectivity index (χ1v) is 6.58. The number of amides is 1. The number of nitrogens with one attached hydrogen (secondary N) is 1. The van der Waals surface area contributed by atoms with Gasteiger partial charge in [-0.2, -0.15) is 0 Å². The molecule has 1 aromatic rings. The van der Waals surface area contributed by atoms with Crippen molar-refractivity contribution < 1.29 is 4.79 Å². The fourth-order valence-corrected chi connectivity index (χ4v) is 1.86. The van der Waals surface area contributed by atoms with Gasteiger partial charge >= 0.3 is 0 Å². The summed E-state index contributed by atoms with van der Waals surface area (Å²) in [4.78, 5) is 11.6. The predicted octanol–water partition coefficient (Wildman–Crippen LogP) is 4.11. The van der Waals surface area contributed by atoms with Gasteiger partial charge in [-0.25, -0.2) is 0 Å². The Morgan fingerprint density at radius 2 is 2.19 bits per heavy atom. The predicted molar refractivity (Wildman–Crippen MR) is 72.1 cm³/mol. The maximum atomic E-state index is 11.6. The van der Waals surface area contributed by atoms with E-state index in [2.05, 4.69) is 21.2 Å². The molecule has 16 heavy (non-hydrogen) atoms. The lowest BCUT2D eigenvalue weighted by Crippen LogP contribution is -2.11. The molecule has 0 aliphatic heterocycles. The van der Waals surface area contributed by atoms with Crippen LogP contribution in [0.4, 0.5) is 5.69 Å². The smallest absolute Gasteiger partial charge is 0.224 e. The molecule has 0 aliphatic carbocycles. The highest BCUT2D eigenvalue weighted by Crippen LogP contribution is 2.23. The van der Waals surface area contributed by atoms with Crippen molar-refractivity contribution in [3.63, 3.8) is 0 Å². The number of halogens is 2. The van der Waals surface area contributed by atoms with Crippen molar-refractivity contribution in [3.8, 4) is 0 Å². The summed E-state index contributed by atoms with van der Waals surface area (Å²) in [5, 5.41) is 2.88. The normalized spacial score (nSPS) is 10.2. The van der Waals surface area contributed by atoms with Gasteiger partial charge < -0.3 is 5.32 Å². The standard InChI is InChI=1S/C12H15BrClNO/c1-9-5-6-10(13)11(8-9)15-12(16)4-2-3-7-14/h5-6,8H,2-4,7H2,1H3,(H,15,16). The third-order valence-electron chi connectivity index (χ3n) is 2.18. The summed E-state index contributed by atoms with van der Waals surface area (Å²) >= 11 is 8.96. The molecule has 0 saturated carbocycles. The lowest BCUT2D eigenvalue weighted by Gasteiger charge is -2.08. The molecule has 0 spiro atoms. The molecule has 1 amide bonds. The molecule has 0 atom stereocenters. The van der Waals surface area contributed by atoms with E-state index in [1.807, 2.05) is 25.1 Å². The van der Waals surface area contributed by atoms with Crippen molar-refractivity contribution in [1.29, 1.82) is 0 Å². The van der Waals surface area contributed by atoms with E-state index >= 15 is 0 Å². The number of alkyl halides is 1. The van der Waals surface area contributed by atoms with E-state index in [0.29, 0.717) is 12.3 Å². The summed E-state index contributed by atoms with van der Waals surface area (Å²) in [6.45, 7) is 2.00. The average Bonchev–Trinajstić information content (AvgIpc) is 2.24. The number of anilines is 1. The Labute approximate surface area is 110 Å². The number of carbonyl (C=O) groups excluding carboxylic acids is 1. The second-order valence-corrected chi connectivity index (χ2v) is 4.91. The summed E-state index contributed by atoms with van der Waals surface area (Å²) in [6, 6.07) is 5.88. The van der Waals surface area contributed by atoms with Gasteiger partial charge in [0.2, 0.25) is 5.91 Å². The fraction of sp³-hybridized carbons (Fsp3) is 0.417. The first kappa shape index (κ1) is 13.5. The molecular formula is C12H15BrClNO. The Bertz CT molecular complexity index is 368. The lowest BCUT2D eigenvalue weighted by atomic mass is 10.2. The zero-order valence-electron chi connectivity index (χ0n) is 9.22. The minimum atomic E-state index is 0.0383. The van der Waals surface area contributed by atoms with Crippen LogP contribution in [0.15, 0.2) is 22.7 Å². The Kier molecular flexibility index (Phi) is 5.85. The van der Waals surface area contributed by atoms with Gasteiger partial charge in [-0.05, 0) is 53.4 Å². The molecule has 0 aliphatic rings.